The van der Waals surface area contributed by atoms with Gasteiger partial charge in [0.05, 0.1) is 7.11 Å². The predicted octanol–water partition coefficient (Wildman–Crippen LogP) is 2.85. The Morgan fingerprint density at radius 2 is 2.20 bits per heavy atom. The summed E-state index contributed by atoms with van der Waals surface area (Å²) < 4.78 is 7.35. The summed E-state index contributed by atoms with van der Waals surface area (Å²) in [6.45, 7) is 5.60. The molecule has 2 aromatic rings. The van der Waals surface area contributed by atoms with E-state index in [0.29, 0.717) is 13.0 Å². The number of aryl methyl sites for hydroxylation is 2. The molecule has 25 heavy (non-hydrogen) atoms. The zero-order valence-corrected chi connectivity index (χ0v) is 15.3. The summed E-state index contributed by atoms with van der Waals surface area (Å²) in [6, 6.07) is 7.35. The van der Waals surface area contributed by atoms with E-state index in [9.17, 15) is 4.79 Å². The monoisotopic (exact) mass is 344 g/mol. The molecule has 2 N–H and O–H groups in total. The minimum absolute atomic E-state index is 0.0201. The Labute approximate surface area is 149 Å². The van der Waals surface area contributed by atoms with Crippen LogP contribution in [0.25, 0.3) is 0 Å². The first kappa shape index (κ1) is 18.8. The quantitative estimate of drug-likeness (QED) is 0.650. The van der Waals surface area contributed by atoms with Gasteiger partial charge in [0.1, 0.15) is 17.6 Å². The SMILES string of the molecule is CCc1nccn1CCCNC(=O)[C@@H](CC)Nc1cccc(OC)c1. The Hall–Kier alpha value is -2.50. The number of amides is 1. The van der Waals surface area contributed by atoms with Crippen LogP contribution in [0, 0.1) is 0 Å². The van der Waals surface area contributed by atoms with Crippen molar-refractivity contribution in [2.24, 2.45) is 0 Å². The molecule has 2 rings (SSSR count). The van der Waals surface area contributed by atoms with Gasteiger partial charge in [-0.25, -0.2) is 4.98 Å². The Balaban J connectivity index is 1.79. The van der Waals surface area contributed by atoms with Crippen LogP contribution in [-0.2, 0) is 17.8 Å². The molecule has 0 aliphatic carbocycles. The zero-order valence-electron chi connectivity index (χ0n) is 15.3. The third kappa shape index (κ3) is 5.52. The van der Waals surface area contributed by atoms with Gasteiger partial charge in [-0.05, 0) is 25.0 Å². The topological polar surface area (TPSA) is 68.2 Å². The van der Waals surface area contributed by atoms with E-state index in [1.807, 2.05) is 43.6 Å². The molecule has 6 heteroatoms. The molecule has 1 aromatic heterocycles. The Morgan fingerprint density at radius 3 is 2.92 bits per heavy atom. The minimum atomic E-state index is -0.258. The third-order valence-corrected chi connectivity index (χ3v) is 4.13. The lowest BCUT2D eigenvalue weighted by Gasteiger charge is -2.18. The second-order valence-electron chi connectivity index (χ2n) is 5.87. The second-order valence-corrected chi connectivity index (χ2v) is 5.87. The number of aromatic nitrogens is 2. The minimum Gasteiger partial charge on any atom is -0.497 e. The van der Waals surface area contributed by atoms with Gasteiger partial charge in [0.15, 0.2) is 0 Å². The van der Waals surface area contributed by atoms with E-state index in [0.717, 1.165) is 36.6 Å². The molecule has 1 amide bonds. The maximum absolute atomic E-state index is 12.4. The molecule has 136 valence electrons. The fourth-order valence-corrected chi connectivity index (χ4v) is 2.71. The Morgan fingerprint density at radius 1 is 1.36 bits per heavy atom. The van der Waals surface area contributed by atoms with Crippen LogP contribution >= 0.6 is 0 Å². The van der Waals surface area contributed by atoms with Crippen LogP contribution in [0.5, 0.6) is 5.75 Å². The lowest BCUT2D eigenvalue weighted by molar-refractivity contribution is -0.121. The van der Waals surface area contributed by atoms with Crippen LogP contribution in [0.15, 0.2) is 36.7 Å². The number of hydrogen-bond donors (Lipinski definition) is 2. The predicted molar refractivity (Wildman–Crippen MR) is 99.9 cm³/mol. The second kappa shape index (κ2) is 9.71. The number of anilines is 1. The summed E-state index contributed by atoms with van der Waals surface area (Å²) >= 11 is 0. The van der Waals surface area contributed by atoms with Gasteiger partial charge >= 0.3 is 0 Å². The van der Waals surface area contributed by atoms with Crippen molar-refractivity contribution >= 4 is 11.6 Å². The molecule has 1 heterocycles. The van der Waals surface area contributed by atoms with Crippen molar-refractivity contribution in [3.05, 3.63) is 42.5 Å². The van der Waals surface area contributed by atoms with Crippen LogP contribution in [0.3, 0.4) is 0 Å². The normalized spacial score (nSPS) is 11.8. The highest BCUT2D eigenvalue weighted by molar-refractivity contribution is 5.84. The molecule has 1 aromatic carbocycles. The number of carbonyl (C=O) groups excluding carboxylic acids is 1. The summed E-state index contributed by atoms with van der Waals surface area (Å²) in [4.78, 5) is 16.7. The van der Waals surface area contributed by atoms with Crippen molar-refractivity contribution in [2.75, 3.05) is 19.0 Å². The highest BCUT2D eigenvalue weighted by Crippen LogP contribution is 2.18. The summed E-state index contributed by atoms with van der Waals surface area (Å²) in [5.74, 6) is 1.87. The number of carbonyl (C=O) groups is 1. The van der Waals surface area contributed by atoms with E-state index in [1.165, 1.54) is 0 Å². The maximum Gasteiger partial charge on any atom is 0.242 e. The van der Waals surface area contributed by atoms with E-state index in [4.69, 9.17) is 4.74 Å². The lowest BCUT2D eigenvalue weighted by atomic mass is 10.2. The smallest absolute Gasteiger partial charge is 0.242 e. The molecule has 0 radical (unpaired) electrons. The molecular weight excluding hydrogens is 316 g/mol. The average Bonchev–Trinajstić information content (AvgIpc) is 3.10. The average molecular weight is 344 g/mol. The van der Waals surface area contributed by atoms with Crippen molar-refractivity contribution in [1.82, 2.24) is 14.9 Å². The molecule has 0 aliphatic rings. The summed E-state index contributed by atoms with van der Waals surface area (Å²) in [6.07, 6.45) is 6.32. The van der Waals surface area contributed by atoms with Gasteiger partial charge in [0.25, 0.3) is 0 Å². The van der Waals surface area contributed by atoms with Crippen molar-refractivity contribution in [2.45, 2.75) is 45.7 Å². The number of methoxy groups -OCH3 is 1. The maximum atomic E-state index is 12.4. The first-order valence-electron chi connectivity index (χ1n) is 8.86. The molecule has 0 saturated carbocycles. The van der Waals surface area contributed by atoms with Crippen molar-refractivity contribution in [1.29, 1.82) is 0 Å². The largest absolute Gasteiger partial charge is 0.497 e. The Kier molecular flexibility index (Phi) is 7.32. The number of rotatable bonds is 10. The van der Waals surface area contributed by atoms with E-state index < -0.39 is 0 Å². The first-order chi connectivity index (χ1) is 12.2. The standard InChI is InChI=1S/C19H28N4O2/c1-4-17(22-15-8-6-9-16(14-15)25-3)19(24)21-10-7-12-23-13-11-20-18(23)5-2/h6,8-9,11,13-14,17,22H,4-5,7,10,12H2,1-3H3,(H,21,24)/t17-/m1/s1. The van der Waals surface area contributed by atoms with Crippen LogP contribution in [0.2, 0.25) is 0 Å². The van der Waals surface area contributed by atoms with Crippen LogP contribution in [0.4, 0.5) is 5.69 Å². The van der Waals surface area contributed by atoms with Gasteiger partial charge in [-0.15, -0.1) is 0 Å². The number of hydrogen-bond acceptors (Lipinski definition) is 4. The van der Waals surface area contributed by atoms with E-state index in [2.05, 4.69) is 27.1 Å². The van der Waals surface area contributed by atoms with Crippen molar-refractivity contribution in [3.63, 3.8) is 0 Å². The first-order valence-corrected chi connectivity index (χ1v) is 8.86. The van der Waals surface area contributed by atoms with Crippen LogP contribution < -0.4 is 15.4 Å². The fourth-order valence-electron chi connectivity index (χ4n) is 2.71. The molecule has 6 nitrogen and oxygen atoms in total. The Bertz CT molecular complexity index is 669. The molecular formula is C19H28N4O2. The molecule has 0 unspecified atom stereocenters. The highest BCUT2D eigenvalue weighted by Gasteiger charge is 2.15. The van der Waals surface area contributed by atoms with Gasteiger partial charge in [-0.2, -0.15) is 0 Å². The number of imidazole rings is 1. The fraction of sp³-hybridized carbons (Fsp3) is 0.474. The number of nitrogens with zero attached hydrogens (tertiary/aromatic N) is 2. The molecule has 1 atom stereocenters. The number of benzene rings is 1. The number of nitrogens with one attached hydrogen (secondary N) is 2. The van der Waals surface area contributed by atoms with Gasteiger partial charge in [-0.1, -0.05) is 19.9 Å². The molecule has 0 saturated heterocycles. The van der Waals surface area contributed by atoms with Crippen LogP contribution in [-0.4, -0.2) is 35.2 Å². The van der Waals surface area contributed by atoms with E-state index in [-0.39, 0.29) is 11.9 Å². The van der Waals surface area contributed by atoms with Gasteiger partial charge in [-0.3, -0.25) is 4.79 Å². The molecule has 0 fully saturated rings. The summed E-state index contributed by atoms with van der Waals surface area (Å²) in [5, 5.41) is 6.28. The number of ether oxygens (including phenoxy) is 1. The summed E-state index contributed by atoms with van der Waals surface area (Å²) in [7, 11) is 1.63. The summed E-state index contributed by atoms with van der Waals surface area (Å²) in [5.41, 5.74) is 0.882. The third-order valence-electron chi connectivity index (χ3n) is 4.13. The van der Waals surface area contributed by atoms with Gasteiger partial charge in [0.2, 0.25) is 5.91 Å². The highest BCUT2D eigenvalue weighted by atomic mass is 16.5. The molecule has 0 bridgehead atoms. The van der Waals surface area contributed by atoms with Gasteiger partial charge in [0, 0.05) is 43.7 Å². The molecule has 0 spiro atoms. The van der Waals surface area contributed by atoms with E-state index >= 15 is 0 Å². The van der Waals surface area contributed by atoms with Gasteiger partial charge < -0.3 is 19.9 Å². The molecule has 0 aliphatic heterocycles. The lowest BCUT2D eigenvalue weighted by Crippen LogP contribution is -2.39. The van der Waals surface area contributed by atoms with Crippen molar-refractivity contribution in [3.8, 4) is 5.75 Å². The van der Waals surface area contributed by atoms with E-state index in [1.54, 1.807) is 7.11 Å². The van der Waals surface area contributed by atoms with Crippen LogP contribution in [0.1, 0.15) is 32.5 Å². The zero-order chi connectivity index (χ0) is 18.1. The van der Waals surface area contributed by atoms with Crippen molar-refractivity contribution < 1.29 is 9.53 Å².